The molecule has 0 fully saturated rings. The van der Waals surface area contributed by atoms with Crippen molar-refractivity contribution in [2.45, 2.75) is 26.3 Å². The number of carbonyl (C=O) groups excluding carboxylic acids is 1. The Hall–Kier alpha value is -3.82. The van der Waals surface area contributed by atoms with Crippen LogP contribution in [0.4, 0.5) is 5.82 Å². The smallest absolute Gasteiger partial charge is 0.312 e. The number of rotatable bonds is 4. The maximum Gasteiger partial charge on any atom is 0.332 e. The number of imidazole rings is 1. The van der Waals surface area contributed by atoms with Crippen molar-refractivity contribution in [3.05, 3.63) is 63.2 Å². The van der Waals surface area contributed by atoms with Gasteiger partial charge in [-0.05, 0) is 37.0 Å². The van der Waals surface area contributed by atoms with Gasteiger partial charge in [0.25, 0.3) is 5.56 Å². The van der Waals surface area contributed by atoms with Crippen LogP contribution in [0.1, 0.15) is 32.0 Å². The quantitative estimate of drug-likeness (QED) is 0.681. The van der Waals surface area contributed by atoms with Crippen LogP contribution in [-0.4, -0.2) is 34.8 Å². The molecule has 0 aliphatic heterocycles. The number of carbonyl (C=O) groups is 1. The number of fused-ring (bicyclic) bond motifs is 1. The van der Waals surface area contributed by atoms with Crippen LogP contribution in [0.3, 0.4) is 0 Å². The number of aromatic nitrogens is 6. The lowest BCUT2D eigenvalue weighted by atomic mass is 9.94. The summed E-state index contributed by atoms with van der Waals surface area (Å²) < 4.78 is 3.72. The molecule has 0 bridgehead atoms. The summed E-state index contributed by atoms with van der Waals surface area (Å²) in [5.74, 6) is 0.371. The molecule has 0 saturated carbocycles. The molecular formula is C21H23N7O3. The number of allylic oxidation sites excluding steroid dienone is 4. The van der Waals surface area contributed by atoms with Gasteiger partial charge in [0.2, 0.25) is 5.91 Å². The van der Waals surface area contributed by atoms with Crippen LogP contribution in [0.5, 0.6) is 0 Å². The molecule has 2 atom stereocenters. The van der Waals surface area contributed by atoms with Gasteiger partial charge in [-0.15, -0.1) is 10.2 Å². The van der Waals surface area contributed by atoms with Gasteiger partial charge < -0.3 is 9.88 Å². The lowest BCUT2D eigenvalue weighted by Gasteiger charge is -2.15. The zero-order valence-electron chi connectivity index (χ0n) is 17.7. The van der Waals surface area contributed by atoms with Gasteiger partial charge in [-0.2, -0.15) is 0 Å². The van der Waals surface area contributed by atoms with Crippen LogP contribution in [0.15, 0.2) is 46.3 Å². The minimum Gasteiger partial charge on any atom is -0.312 e. The van der Waals surface area contributed by atoms with Crippen molar-refractivity contribution < 1.29 is 4.79 Å². The molecule has 3 aromatic rings. The summed E-state index contributed by atoms with van der Waals surface area (Å²) in [6.07, 6.45) is 8.44. The predicted octanol–water partition coefficient (Wildman–Crippen LogP) is 1.40. The molecule has 1 aliphatic carbocycles. The lowest BCUT2D eigenvalue weighted by Crippen LogP contribution is -2.38. The lowest BCUT2D eigenvalue weighted by molar-refractivity contribution is -0.118. The van der Waals surface area contributed by atoms with Crippen LogP contribution >= 0.6 is 0 Å². The SMILES string of the molecule is CC1C=CC=C(c2ccc(NC(=O)C(C)n3cnc4c3c(=O)n(C)c(=O)n4C)nn2)C1. The average molecular weight is 421 g/mol. The van der Waals surface area contributed by atoms with Crippen molar-refractivity contribution in [1.29, 1.82) is 0 Å². The van der Waals surface area contributed by atoms with Gasteiger partial charge >= 0.3 is 5.69 Å². The number of anilines is 1. The second-order valence-electron chi connectivity index (χ2n) is 7.76. The molecule has 0 saturated heterocycles. The molecule has 1 aliphatic rings. The molecule has 3 heterocycles. The molecule has 0 aromatic carbocycles. The Kier molecular flexibility index (Phi) is 5.14. The zero-order valence-corrected chi connectivity index (χ0v) is 17.7. The highest BCUT2D eigenvalue weighted by molar-refractivity contribution is 5.93. The molecule has 4 rings (SSSR count). The fourth-order valence-electron chi connectivity index (χ4n) is 3.62. The first kappa shape index (κ1) is 20.5. The topological polar surface area (TPSA) is 117 Å². The Morgan fingerprint density at radius 2 is 1.97 bits per heavy atom. The van der Waals surface area contributed by atoms with Gasteiger partial charge in [0.1, 0.15) is 6.04 Å². The van der Waals surface area contributed by atoms with E-state index in [9.17, 15) is 14.4 Å². The Morgan fingerprint density at radius 3 is 2.65 bits per heavy atom. The minimum absolute atomic E-state index is 0.181. The summed E-state index contributed by atoms with van der Waals surface area (Å²) in [5.41, 5.74) is 1.28. The van der Waals surface area contributed by atoms with Gasteiger partial charge in [0.15, 0.2) is 17.0 Å². The van der Waals surface area contributed by atoms with Crippen molar-refractivity contribution in [2.75, 3.05) is 5.32 Å². The molecule has 10 heteroatoms. The molecular weight excluding hydrogens is 398 g/mol. The van der Waals surface area contributed by atoms with Crippen molar-refractivity contribution >= 4 is 28.5 Å². The fourth-order valence-corrected chi connectivity index (χ4v) is 3.62. The van der Waals surface area contributed by atoms with Crippen molar-refractivity contribution in [2.24, 2.45) is 20.0 Å². The Bertz CT molecular complexity index is 1340. The molecule has 1 N–H and O–H groups in total. The molecule has 1 amide bonds. The monoisotopic (exact) mass is 421 g/mol. The summed E-state index contributed by atoms with van der Waals surface area (Å²) in [6, 6.07) is 2.76. The summed E-state index contributed by atoms with van der Waals surface area (Å²) in [7, 11) is 2.92. The van der Waals surface area contributed by atoms with E-state index in [0.29, 0.717) is 11.7 Å². The Morgan fingerprint density at radius 1 is 1.19 bits per heavy atom. The van der Waals surface area contributed by atoms with E-state index in [-0.39, 0.29) is 17.1 Å². The number of nitrogens with one attached hydrogen (secondary N) is 1. The largest absolute Gasteiger partial charge is 0.332 e. The number of hydrogen-bond donors (Lipinski definition) is 1. The van der Waals surface area contributed by atoms with E-state index < -0.39 is 17.3 Å². The number of aryl methyl sites for hydroxylation is 1. The van der Waals surface area contributed by atoms with Gasteiger partial charge in [0, 0.05) is 14.1 Å². The predicted molar refractivity (Wildman–Crippen MR) is 116 cm³/mol. The molecule has 2 unspecified atom stereocenters. The summed E-state index contributed by atoms with van der Waals surface area (Å²) in [5, 5.41) is 11.1. The van der Waals surface area contributed by atoms with Crippen LogP contribution < -0.4 is 16.6 Å². The van der Waals surface area contributed by atoms with E-state index in [2.05, 4.69) is 33.5 Å². The first-order valence-corrected chi connectivity index (χ1v) is 9.92. The summed E-state index contributed by atoms with van der Waals surface area (Å²) in [4.78, 5) is 41.7. The zero-order chi connectivity index (χ0) is 22.3. The number of amides is 1. The minimum atomic E-state index is -0.760. The maximum atomic E-state index is 12.8. The standard InChI is InChI=1S/C21H23N7O3/c1-12-6-5-7-14(10-12)15-8-9-16(25-24-15)23-19(29)13(2)28-11-22-18-17(28)20(30)27(4)21(31)26(18)3/h5-9,11-13H,10H2,1-4H3,(H,23,25,29). The van der Waals surface area contributed by atoms with Crippen LogP contribution in [-0.2, 0) is 18.9 Å². The molecule has 10 nitrogen and oxygen atoms in total. The highest BCUT2D eigenvalue weighted by Crippen LogP contribution is 2.25. The highest BCUT2D eigenvalue weighted by atomic mass is 16.2. The maximum absolute atomic E-state index is 12.8. The number of hydrogen-bond acceptors (Lipinski definition) is 6. The molecule has 3 aromatic heterocycles. The van der Waals surface area contributed by atoms with Crippen LogP contribution in [0.2, 0.25) is 0 Å². The third-order valence-electron chi connectivity index (χ3n) is 5.49. The van der Waals surface area contributed by atoms with Crippen molar-refractivity contribution in [3.63, 3.8) is 0 Å². The normalized spacial score (nSPS) is 16.9. The van der Waals surface area contributed by atoms with Gasteiger partial charge in [-0.25, -0.2) is 9.78 Å². The Balaban J connectivity index is 1.57. The fraction of sp³-hybridized carbons (Fsp3) is 0.333. The second kappa shape index (κ2) is 7.78. The third-order valence-corrected chi connectivity index (χ3v) is 5.49. The first-order chi connectivity index (χ1) is 14.8. The molecule has 0 spiro atoms. The van der Waals surface area contributed by atoms with E-state index >= 15 is 0 Å². The Labute approximate surface area is 177 Å². The van der Waals surface area contributed by atoms with Gasteiger partial charge in [0.05, 0.1) is 12.0 Å². The van der Waals surface area contributed by atoms with E-state index in [1.807, 2.05) is 18.2 Å². The van der Waals surface area contributed by atoms with Crippen LogP contribution in [0.25, 0.3) is 16.7 Å². The number of nitrogens with zero attached hydrogens (tertiary/aromatic N) is 6. The van der Waals surface area contributed by atoms with E-state index in [4.69, 9.17) is 0 Å². The van der Waals surface area contributed by atoms with Crippen LogP contribution in [0, 0.1) is 5.92 Å². The van der Waals surface area contributed by atoms with E-state index in [0.717, 1.165) is 22.3 Å². The molecule has 160 valence electrons. The first-order valence-electron chi connectivity index (χ1n) is 9.92. The molecule has 31 heavy (non-hydrogen) atoms. The van der Waals surface area contributed by atoms with Gasteiger partial charge in [-0.1, -0.05) is 25.2 Å². The third kappa shape index (κ3) is 3.60. The molecule has 0 radical (unpaired) electrons. The van der Waals surface area contributed by atoms with E-state index in [1.165, 1.54) is 29.6 Å². The van der Waals surface area contributed by atoms with Crippen molar-refractivity contribution in [1.82, 2.24) is 28.9 Å². The average Bonchev–Trinajstić information content (AvgIpc) is 3.21. The summed E-state index contributed by atoms with van der Waals surface area (Å²) >= 11 is 0. The second-order valence-corrected chi connectivity index (χ2v) is 7.76. The highest BCUT2D eigenvalue weighted by Gasteiger charge is 2.22. The van der Waals surface area contributed by atoms with Crippen molar-refractivity contribution in [3.8, 4) is 0 Å². The summed E-state index contributed by atoms with van der Waals surface area (Å²) in [6.45, 7) is 3.78. The van der Waals surface area contributed by atoms with E-state index in [1.54, 1.807) is 13.0 Å². The van der Waals surface area contributed by atoms with Gasteiger partial charge in [-0.3, -0.25) is 18.7 Å².